The number of hydrogen-bond acceptors (Lipinski definition) is 2. The zero-order valence-electron chi connectivity index (χ0n) is 11.7. The average Bonchev–Trinajstić information content (AvgIpc) is 2.46. The van der Waals surface area contributed by atoms with Gasteiger partial charge in [-0.05, 0) is 49.8 Å². The van der Waals surface area contributed by atoms with Crippen LogP contribution in [0.4, 0.5) is 14.9 Å². The molecule has 1 aromatic rings. The fraction of sp³-hybridized carbons (Fsp3) is 0.533. The summed E-state index contributed by atoms with van der Waals surface area (Å²) in [5, 5.41) is 11.8. The maximum atomic E-state index is 13.1. The number of benzene rings is 1. The smallest absolute Gasteiger partial charge is 0.321 e. The van der Waals surface area contributed by atoms with Crippen molar-refractivity contribution in [2.45, 2.75) is 31.7 Å². The predicted molar refractivity (Wildman–Crippen MR) is 76.0 cm³/mol. The lowest BCUT2D eigenvalue weighted by Crippen LogP contribution is -2.42. The van der Waals surface area contributed by atoms with Gasteiger partial charge < -0.3 is 15.3 Å². The van der Waals surface area contributed by atoms with Gasteiger partial charge in [-0.1, -0.05) is 6.07 Å². The highest BCUT2D eigenvalue weighted by molar-refractivity contribution is 5.89. The number of aliphatic hydroxyl groups excluding tert-OH is 1. The topological polar surface area (TPSA) is 52.6 Å². The number of halogens is 1. The molecule has 4 nitrogen and oxygen atoms in total. The minimum Gasteiger partial charge on any atom is -0.396 e. The third-order valence-electron chi connectivity index (χ3n) is 4.02. The van der Waals surface area contributed by atoms with Crippen LogP contribution in [0.15, 0.2) is 24.3 Å². The van der Waals surface area contributed by atoms with E-state index in [1.807, 2.05) is 0 Å². The molecule has 1 aliphatic carbocycles. The molecule has 2 amide bonds. The molecule has 0 spiro atoms. The summed E-state index contributed by atoms with van der Waals surface area (Å²) < 4.78 is 13.1. The molecular formula is C15H21FN2O2. The van der Waals surface area contributed by atoms with Crippen molar-refractivity contribution in [1.29, 1.82) is 0 Å². The molecule has 5 heteroatoms. The van der Waals surface area contributed by atoms with Crippen molar-refractivity contribution >= 4 is 11.7 Å². The normalized spacial score (nSPS) is 22.4. The lowest BCUT2D eigenvalue weighted by Gasteiger charge is -2.34. The molecule has 1 aliphatic rings. The van der Waals surface area contributed by atoms with E-state index in [1.165, 1.54) is 12.1 Å². The van der Waals surface area contributed by atoms with Crippen LogP contribution in [0.2, 0.25) is 0 Å². The molecule has 2 N–H and O–H groups in total. The maximum Gasteiger partial charge on any atom is 0.321 e. The second-order valence-electron chi connectivity index (χ2n) is 5.41. The van der Waals surface area contributed by atoms with Gasteiger partial charge in [0.05, 0.1) is 0 Å². The molecule has 0 heterocycles. The second-order valence-corrected chi connectivity index (χ2v) is 5.41. The SMILES string of the molecule is CN(C(=O)Nc1cccc(F)c1)C1CCC(CO)CC1. The molecular weight excluding hydrogens is 259 g/mol. The molecule has 0 saturated heterocycles. The van der Waals surface area contributed by atoms with E-state index in [-0.39, 0.29) is 24.5 Å². The van der Waals surface area contributed by atoms with Crippen LogP contribution in [0.5, 0.6) is 0 Å². The van der Waals surface area contributed by atoms with Gasteiger partial charge in [0.15, 0.2) is 0 Å². The van der Waals surface area contributed by atoms with Crippen molar-refractivity contribution < 1.29 is 14.3 Å². The lowest BCUT2D eigenvalue weighted by molar-refractivity contribution is 0.139. The second kappa shape index (κ2) is 6.70. The molecule has 0 unspecified atom stereocenters. The molecule has 0 atom stereocenters. The number of carbonyl (C=O) groups excluding carboxylic acids is 1. The van der Waals surface area contributed by atoms with Crippen LogP contribution in [0.1, 0.15) is 25.7 Å². The Kier molecular flexibility index (Phi) is 4.95. The number of rotatable bonds is 3. The van der Waals surface area contributed by atoms with Crippen molar-refractivity contribution in [3.63, 3.8) is 0 Å². The van der Waals surface area contributed by atoms with E-state index < -0.39 is 0 Å². The van der Waals surface area contributed by atoms with Crippen LogP contribution in [0.25, 0.3) is 0 Å². The van der Waals surface area contributed by atoms with Crippen molar-refractivity contribution in [3.8, 4) is 0 Å². The Labute approximate surface area is 118 Å². The highest BCUT2D eigenvalue weighted by atomic mass is 19.1. The Morgan fingerprint density at radius 3 is 2.70 bits per heavy atom. The van der Waals surface area contributed by atoms with Gasteiger partial charge in [0.25, 0.3) is 0 Å². The summed E-state index contributed by atoms with van der Waals surface area (Å²) in [7, 11) is 1.76. The Morgan fingerprint density at radius 1 is 1.40 bits per heavy atom. The van der Waals surface area contributed by atoms with Crippen molar-refractivity contribution in [1.82, 2.24) is 4.90 Å². The standard InChI is InChI=1S/C15H21FN2O2/c1-18(14-7-5-11(10-19)6-8-14)15(20)17-13-4-2-3-12(16)9-13/h2-4,9,11,14,19H,5-8,10H2,1H3,(H,17,20). The van der Waals surface area contributed by atoms with Gasteiger partial charge in [-0.2, -0.15) is 0 Å². The zero-order chi connectivity index (χ0) is 14.5. The third kappa shape index (κ3) is 3.70. The van der Waals surface area contributed by atoms with Gasteiger partial charge in [0.1, 0.15) is 5.82 Å². The minimum absolute atomic E-state index is 0.186. The number of hydrogen-bond donors (Lipinski definition) is 2. The summed E-state index contributed by atoms with van der Waals surface area (Å²) in [5.41, 5.74) is 0.464. The Hall–Kier alpha value is -1.62. The molecule has 0 aromatic heterocycles. The van der Waals surface area contributed by atoms with E-state index >= 15 is 0 Å². The average molecular weight is 280 g/mol. The third-order valence-corrected chi connectivity index (χ3v) is 4.02. The first-order chi connectivity index (χ1) is 9.60. The van der Waals surface area contributed by atoms with Crippen LogP contribution >= 0.6 is 0 Å². The summed E-state index contributed by atoms with van der Waals surface area (Å²) in [6, 6.07) is 5.84. The largest absolute Gasteiger partial charge is 0.396 e. The molecule has 2 rings (SSSR count). The molecule has 0 radical (unpaired) electrons. The predicted octanol–water partition coefficient (Wildman–Crippen LogP) is 2.84. The number of nitrogens with one attached hydrogen (secondary N) is 1. The van der Waals surface area contributed by atoms with E-state index in [0.29, 0.717) is 11.6 Å². The van der Waals surface area contributed by atoms with Crippen molar-refractivity contribution in [2.75, 3.05) is 19.0 Å². The summed E-state index contributed by atoms with van der Waals surface area (Å²) in [5.74, 6) is -0.000150. The highest BCUT2D eigenvalue weighted by Crippen LogP contribution is 2.27. The fourth-order valence-corrected chi connectivity index (χ4v) is 2.66. The van der Waals surface area contributed by atoms with Gasteiger partial charge in [-0.15, -0.1) is 0 Å². The van der Waals surface area contributed by atoms with Gasteiger partial charge in [-0.3, -0.25) is 0 Å². The van der Waals surface area contributed by atoms with Gasteiger partial charge in [0, 0.05) is 25.4 Å². The van der Waals surface area contributed by atoms with E-state index in [0.717, 1.165) is 25.7 Å². The molecule has 20 heavy (non-hydrogen) atoms. The Bertz CT molecular complexity index is 459. The number of urea groups is 1. The monoisotopic (exact) mass is 280 g/mol. The first-order valence-corrected chi connectivity index (χ1v) is 7.00. The van der Waals surface area contributed by atoms with Gasteiger partial charge >= 0.3 is 6.03 Å². The van der Waals surface area contributed by atoms with Crippen LogP contribution in [0.3, 0.4) is 0 Å². The van der Waals surface area contributed by atoms with Crippen molar-refractivity contribution in [3.05, 3.63) is 30.1 Å². The number of amides is 2. The van der Waals surface area contributed by atoms with Crippen LogP contribution < -0.4 is 5.32 Å². The molecule has 1 aromatic carbocycles. The minimum atomic E-state index is -0.367. The quantitative estimate of drug-likeness (QED) is 0.894. The summed E-state index contributed by atoms with van der Waals surface area (Å²) in [4.78, 5) is 13.8. The molecule has 110 valence electrons. The molecule has 0 aliphatic heterocycles. The summed E-state index contributed by atoms with van der Waals surface area (Å²) in [6.07, 6.45) is 3.69. The van der Waals surface area contributed by atoms with E-state index in [2.05, 4.69) is 5.32 Å². The zero-order valence-corrected chi connectivity index (χ0v) is 11.7. The number of aliphatic hydroxyl groups is 1. The lowest BCUT2D eigenvalue weighted by atomic mass is 9.86. The molecule has 0 bridgehead atoms. The van der Waals surface area contributed by atoms with Gasteiger partial charge in [0.2, 0.25) is 0 Å². The number of carbonyl (C=O) groups is 1. The maximum absolute atomic E-state index is 13.1. The highest BCUT2D eigenvalue weighted by Gasteiger charge is 2.26. The Morgan fingerprint density at radius 2 is 2.10 bits per heavy atom. The van der Waals surface area contributed by atoms with Gasteiger partial charge in [-0.25, -0.2) is 9.18 Å². The number of nitrogens with zero attached hydrogens (tertiary/aromatic N) is 1. The van der Waals surface area contributed by atoms with Crippen LogP contribution in [-0.2, 0) is 0 Å². The van der Waals surface area contributed by atoms with E-state index in [4.69, 9.17) is 5.11 Å². The summed E-state index contributed by atoms with van der Waals surface area (Å²) in [6.45, 7) is 0.228. The van der Waals surface area contributed by atoms with Crippen LogP contribution in [0, 0.1) is 11.7 Å². The van der Waals surface area contributed by atoms with E-state index in [1.54, 1.807) is 24.1 Å². The molecule has 1 saturated carbocycles. The fourth-order valence-electron chi connectivity index (χ4n) is 2.66. The summed E-state index contributed by atoms with van der Waals surface area (Å²) >= 11 is 0. The molecule has 1 fully saturated rings. The van der Waals surface area contributed by atoms with Crippen LogP contribution in [-0.4, -0.2) is 35.7 Å². The first-order valence-electron chi connectivity index (χ1n) is 7.00. The number of anilines is 1. The first kappa shape index (κ1) is 14.8. The van der Waals surface area contributed by atoms with Crippen molar-refractivity contribution in [2.24, 2.45) is 5.92 Å². The van der Waals surface area contributed by atoms with E-state index in [9.17, 15) is 9.18 Å². The Balaban J connectivity index is 1.89.